The molecule has 1 saturated carbocycles. The molecule has 0 aliphatic heterocycles. The predicted molar refractivity (Wildman–Crippen MR) is 100 cm³/mol. The molecule has 26 heavy (non-hydrogen) atoms. The maximum atomic E-state index is 13.2. The van der Waals surface area contributed by atoms with E-state index in [1.165, 1.54) is 5.56 Å². The number of carbonyl (C=O) groups excluding carboxylic acids is 1. The molecule has 0 saturated heterocycles. The van der Waals surface area contributed by atoms with Gasteiger partial charge in [-0.2, -0.15) is 0 Å². The van der Waals surface area contributed by atoms with E-state index in [1.54, 1.807) is 6.07 Å². The van der Waals surface area contributed by atoms with Crippen LogP contribution >= 0.6 is 0 Å². The van der Waals surface area contributed by atoms with Crippen LogP contribution in [0.2, 0.25) is 0 Å². The number of hydrogen-bond acceptors (Lipinski definition) is 1. The molecule has 0 bridgehead atoms. The van der Waals surface area contributed by atoms with Gasteiger partial charge in [0.05, 0.1) is 0 Å². The Morgan fingerprint density at radius 1 is 1.12 bits per heavy atom. The molecular weight excluding hydrogens is 332 g/mol. The lowest BCUT2D eigenvalue weighted by atomic mass is 9.83. The summed E-state index contributed by atoms with van der Waals surface area (Å²) < 4.78 is 26.5. The highest BCUT2D eigenvalue weighted by molar-refractivity contribution is 5.96. The molecule has 0 spiro atoms. The highest BCUT2D eigenvalue weighted by Crippen LogP contribution is 2.38. The summed E-state index contributed by atoms with van der Waals surface area (Å²) in [5, 5.41) is 0. The number of benzene rings is 2. The lowest BCUT2D eigenvalue weighted by Gasteiger charge is -2.28. The summed E-state index contributed by atoms with van der Waals surface area (Å²) in [6.45, 7) is 1.90. The van der Waals surface area contributed by atoms with Crippen LogP contribution in [0.25, 0.3) is 11.1 Å². The minimum Gasteiger partial charge on any atom is -0.366 e. The van der Waals surface area contributed by atoms with E-state index < -0.39 is 11.8 Å². The number of nitrogens with two attached hydrogens (primary N) is 1. The number of aryl methyl sites for hydroxylation is 1. The van der Waals surface area contributed by atoms with Crippen molar-refractivity contribution in [3.63, 3.8) is 0 Å². The smallest absolute Gasteiger partial charge is 0.248 e. The van der Waals surface area contributed by atoms with Crippen LogP contribution in [0.15, 0.2) is 42.5 Å². The zero-order valence-corrected chi connectivity index (χ0v) is 15.1. The number of carbonyl (C=O) groups is 1. The molecule has 2 aromatic carbocycles. The van der Waals surface area contributed by atoms with Crippen molar-refractivity contribution in [1.29, 1.82) is 0 Å². The molecule has 3 rings (SSSR count). The second-order valence-corrected chi connectivity index (χ2v) is 7.38. The molecule has 138 valence electrons. The quantitative estimate of drug-likeness (QED) is 0.752. The Kier molecular flexibility index (Phi) is 5.40. The molecule has 2 aromatic rings. The number of alkyl halides is 2. The van der Waals surface area contributed by atoms with Crippen LogP contribution in [-0.2, 0) is 6.42 Å². The fourth-order valence-corrected chi connectivity index (χ4v) is 3.83. The summed E-state index contributed by atoms with van der Waals surface area (Å²) in [6.07, 6.45) is 3.20. The van der Waals surface area contributed by atoms with Crippen LogP contribution in [0.1, 0.15) is 53.6 Å². The zero-order valence-electron chi connectivity index (χ0n) is 15.1. The highest BCUT2D eigenvalue weighted by atomic mass is 19.3. The molecule has 0 heterocycles. The standard InChI is InChI=1S/C22H25F2NO/c1-15-19(3-2-4-20(15)21(25)26)18-9-7-16(8-10-18)5-6-17-11-13-22(23,24)14-12-17/h2-4,7-10,17H,5-6,11-14H2,1H3,(H2,25,26). The average molecular weight is 357 g/mol. The van der Waals surface area contributed by atoms with Gasteiger partial charge in [-0.3, -0.25) is 4.79 Å². The fourth-order valence-electron chi connectivity index (χ4n) is 3.83. The monoisotopic (exact) mass is 357 g/mol. The number of amides is 1. The van der Waals surface area contributed by atoms with E-state index in [-0.39, 0.29) is 12.8 Å². The van der Waals surface area contributed by atoms with E-state index in [4.69, 9.17) is 5.73 Å². The van der Waals surface area contributed by atoms with E-state index in [0.29, 0.717) is 24.3 Å². The SMILES string of the molecule is Cc1c(C(N)=O)cccc1-c1ccc(CCC2CCC(F)(F)CC2)cc1. The van der Waals surface area contributed by atoms with Gasteiger partial charge in [0.2, 0.25) is 11.8 Å². The van der Waals surface area contributed by atoms with Crippen LogP contribution < -0.4 is 5.73 Å². The van der Waals surface area contributed by atoms with Gasteiger partial charge in [0.25, 0.3) is 0 Å². The Balaban J connectivity index is 1.64. The predicted octanol–water partition coefficient (Wildman–Crippen LogP) is 5.52. The summed E-state index contributed by atoms with van der Waals surface area (Å²) in [4.78, 5) is 11.5. The van der Waals surface area contributed by atoms with Crippen LogP contribution in [0.5, 0.6) is 0 Å². The first-order chi connectivity index (χ1) is 12.4. The molecule has 1 fully saturated rings. The lowest BCUT2D eigenvalue weighted by molar-refractivity contribution is -0.0464. The van der Waals surface area contributed by atoms with Gasteiger partial charge in [0.15, 0.2) is 0 Å². The largest absolute Gasteiger partial charge is 0.366 e. The summed E-state index contributed by atoms with van der Waals surface area (Å²) in [6, 6.07) is 13.8. The molecule has 1 aliphatic rings. The molecule has 1 amide bonds. The third kappa shape index (κ3) is 4.29. The molecule has 4 heteroatoms. The first-order valence-corrected chi connectivity index (χ1v) is 9.22. The maximum Gasteiger partial charge on any atom is 0.248 e. The van der Waals surface area contributed by atoms with Gasteiger partial charge in [-0.25, -0.2) is 8.78 Å². The number of rotatable bonds is 5. The molecule has 0 aromatic heterocycles. The third-order valence-corrected chi connectivity index (χ3v) is 5.54. The Labute approximate surface area is 153 Å². The minimum absolute atomic E-state index is 0.0338. The maximum absolute atomic E-state index is 13.2. The fraction of sp³-hybridized carbons (Fsp3) is 0.409. The minimum atomic E-state index is -2.45. The van der Waals surface area contributed by atoms with Crippen molar-refractivity contribution in [2.45, 2.75) is 51.4 Å². The third-order valence-electron chi connectivity index (χ3n) is 5.54. The normalized spacial score (nSPS) is 17.2. The Morgan fingerprint density at radius 2 is 1.77 bits per heavy atom. The Hall–Kier alpha value is -2.23. The van der Waals surface area contributed by atoms with Crippen molar-refractivity contribution in [3.8, 4) is 11.1 Å². The molecule has 0 atom stereocenters. The number of halogens is 2. The van der Waals surface area contributed by atoms with Gasteiger partial charge >= 0.3 is 0 Å². The number of hydrogen-bond donors (Lipinski definition) is 1. The van der Waals surface area contributed by atoms with Crippen LogP contribution in [0.3, 0.4) is 0 Å². The molecule has 0 unspecified atom stereocenters. The van der Waals surface area contributed by atoms with Gasteiger partial charge in [0, 0.05) is 18.4 Å². The second-order valence-electron chi connectivity index (χ2n) is 7.38. The van der Waals surface area contributed by atoms with Gasteiger partial charge in [0.1, 0.15) is 0 Å². The Morgan fingerprint density at radius 3 is 2.38 bits per heavy atom. The molecule has 1 aliphatic carbocycles. The van der Waals surface area contributed by atoms with E-state index in [2.05, 4.69) is 24.3 Å². The van der Waals surface area contributed by atoms with Crippen molar-refractivity contribution in [2.75, 3.05) is 0 Å². The molecule has 0 radical (unpaired) electrons. The summed E-state index contributed by atoms with van der Waals surface area (Å²) >= 11 is 0. The van der Waals surface area contributed by atoms with E-state index >= 15 is 0 Å². The number of primary amides is 1. The molecular formula is C22H25F2NO. The highest BCUT2D eigenvalue weighted by Gasteiger charge is 2.34. The average Bonchev–Trinajstić information content (AvgIpc) is 2.61. The first kappa shape index (κ1) is 18.6. The second kappa shape index (κ2) is 7.56. The first-order valence-electron chi connectivity index (χ1n) is 9.22. The summed E-state index contributed by atoms with van der Waals surface area (Å²) in [7, 11) is 0. The summed E-state index contributed by atoms with van der Waals surface area (Å²) in [5.41, 5.74) is 10.1. The van der Waals surface area contributed by atoms with Gasteiger partial charge in [-0.15, -0.1) is 0 Å². The van der Waals surface area contributed by atoms with Crippen molar-refractivity contribution in [3.05, 3.63) is 59.2 Å². The topological polar surface area (TPSA) is 43.1 Å². The zero-order chi connectivity index (χ0) is 18.7. The molecule has 2 N–H and O–H groups in total. The van der Waals surface area contributed by atoms with Crippen molar-refractivity contribution in [2.24, 2.45) is 11.7 Å². The van der Waals surface area contributed by atoms with Crippen LogP contribution in [0, 0.1) is 12.8 Å². The van der Waals surface area contributed by atoms with Crippen LogP contribution in [-0.4, -0.2) is 11.8 Å². The van der Waals surface area contributed by atoms with Gasteiger partial charge in [-0.1, -0.05) is 36.4 Å². The van der Waals surface area contributed by atoms with E-state index in [1.807, 2.05) is 19.1 Å². The van der Waals surface area contributed by atoms with Gasteiger partial charge in [-0.05, 0) is 66.8 Å². The van der Waals surface area contributed by atoms with Gasteiger partial charge < -0.3 is 5.73 Å². The van der Waals surface area contributed by atoms with Crippen LogP contribution in [0.4, 0.5) is 8.78 Å². The van der Waals surface area contributed by atoms with Crippen molar-refractivity contribution >= 4 is 5.91 Å². The van der Waals surface area contributed by atoms with E-state index in [9.17, 15) is 13.6 Å². The van der Waals surface area contributed by atoms with Crippen molar-refractivity contribution < 1.29 is 13.6 Å². The van der Waals surface area contributed by atoms with Crippen molar-refractivity contribution in [1.82, 2.24) is 0 Å². The Bertz CT molecular complexity index is 773. The summed E-state index contributed by atoms with van der Waals surface area (Å²) in [5.74, 6) is -2.46. The molecule has 2 nitrogen and oxygen atoms in total. The lowest BCUT2D eigenvalue weighted by Crippen LogP contribution is -2.24. The van der Waals surface area contributed by atoms with E-state index in [0.717, 1.165) is 29.5 Å².